The molecule has 2 aliphatic rings. The number of rotatable bonds is 4. The molecule has 8 heteroatoms. The Morgan fingerprint density at radius 2 is 1.71 bits per heavy atom. The first-order chi connectivity index (χ1) is 18.6. The van der Waals surface area contributed by atoms with Crippen LogP contribution in [0.1, 0.15) is 50.2 Å². The highest BCUT2D eigenvalue weighted by atomic mass is 16.5. The minimum Gasteiger partial charge on any atom is -0.492 e. The number of hydrogen-bond acceptors (Lipinski definition) is 5. The molecule has 1 fully saturated rings. The molecule has 0 radical (unpaired) electrons. The van der Waals surface area contributed by atoms with Gasteiger partial charge >= 0.3 is 0 Å². The molecule has 4 rings (SSSR count). The summed E-state index contributed by atoms with van der Waals surface area (Å²) in [5.41, 5.74) is 2.05. The topological polar surface area (TPSA) is 99.8 Å². The van der Waals surface area contributed by atoms with Crippen molar-refractivity contribution in [1.29, 1.82) is 0 Å². The van der Waals surface area contributed by atoms with Crippen LogP contribution in [0.15, 0.2) is 54.6 Å². The smallest absolute Gasteiger partial charge is 0.243 e. The number of nitrogens with one attached hydrogen (secondary N) is 3. The zero-order chi connectivity index (χ0) is 26.7. The average molecular weight is 521 g/mol. The second kappa shape index (κ2) is 14.0. The highest BCUT2D eigenvalue weighted by molar-refractivity contribution is 5.93. The lowest BCUT2D eigenvalue weighted by atomic mass is 10.0. The Balaban J connectivity index is 1.56. The van der Waals surface area contributed by atoms with Crippen LogP contribution >= 0.6 is 0 Å². The molecule has 0 bridgehead atoms. The van der Waals surface area contributed by atoms with E-state index in [1.165, 1.54) is 0 Å². The number of hydrogen-bond donors (Lipinski definition) is 3. The lowest BCUT2D eigenvalue weighted by molar-refractivity contribution is -0.141. The lowest BCUT2D eigenvalue weighted by Gasteiger charge is -2.30. The minimum atomic E-state index is -0.721. The highest BCUT2D eigenvalue weighted by Gasteiger charge is 2.38. The van der Waals surface area contributed by atoms with Gasteiger partial charge in [0, 0.05) is 26.1 Å². The van der Waals surface area contributed by atoms with E-state index in [9.17, 15) is 14.4 Å². The summed E-state index contributed by atoms with van der Waals surface area (Å²) in [4.78, 5) is 42.0. The third-order valence-electron chi connectivity index (χ3n) is 7.27. The van der Waals surface area contributed by atoms with Crippen molar-refractivity contribution in [2.45, 2.75) is 70.0 Å². The van der Waals surface area contributed by atoms with Gasteiger partial charge in [-0.2, -0.15) is 0 Å². The lowest BCUT2D eigenvalue weighted by Crippen LogP contribution is -2.56. The van der Waals surface area contributed by atoms with Gasteiger partial charge in [0.05, 0.1) is 6.04 Å². The van der Waals surface area contributed by atoms with Gasteiger partial charge < -0.3 is 25.6 Å². The minimum absolute atomic E-state index is 0.0601. The van der Waals surface area contributed by atoms with Gasteiger partial charge in [-0.05, 0) is 49.3 Å². The predicted octanol–water partition coefficient (Wildman–Crippen LogP) is 2.60. The summed E-state index contributed by atoms with van der Waals surface area (Å²) in [5.74, 6) is 0.291. The third-order valence-corrected chi connectivity index (χ3v) is 7.27. The van der Waals surface area contributed by atoms with Gasteiger partial charge in [0.2, 0.25) is 17.7 Å². The second-order valence-corrected chi connectivity index (χ2v) is 10.1. The summed E-state index contributed by atoms with van der Waals surface area (Å²) in [6, 6.07) is 15.9. The fourth-order valence-corrected chi connectivity index (χ4v) is 5.29. The number of benzene rings is 2. The van der Waals surface area contributed by atoms with Crippen molar-refractivity contribution >= 4 is 17.7 Å². The molecule has 0 aromatic heterocycles. The van der Waals surface area contributed by atoms with E-state index < -0.39 is 12.1 Å². The van der Waals surface area contributed by atoms with E-state index in [2.05, 4.69) is 16.0 Å². The molecule has 0 spiro atoms. The molecule has 8 nitrogen and oxygen atoms in total. The van der Waals surface area contributed by atoms with E-state index in [1.807, 2.05) is 61.5 Å². The Kier molecular flexibility index (Phi) is 10.1. The molecule has 1 saturated heterocycles. The van der Waals surface area contributed by atoms with Crippen molar-refractivity contribution in [1.82, 2.24) is 20.9 Å². The number of amides is 3. The Hall–Kier alpha value is -3.39. The zero-order valence-electron chi connectivity index (χ0n) is 22.3. The van der Waals surface area contributed by atoms with Gasteiger partial charge in [-0.1, -0.05) is 61.9 Å². The molecule has 0 aliphatic carbocycles. The quantitative estimate of drug-likeness (QED) is 0.576. The first kappa shape index (κ1) is 27.6. The fraction of sp³-hybridized carbons (Fsp3) is 0.500. The molecule has 3 atom stereocenters. The van der Waals surface area contributed by atoms with Crippen LogP contribution in [0.4, 0.5) is 0 Å². The van der Waals surface area contributed by atoms with Crippen LogP contribution in [0.2, 0.25) is 0 Å². The fourth-order valence-electron chi connectivity index (χ4n) is 5.29. The van der Waals surface area contributed by atoms with Crippen molar-refractivity contribution in [3.8, 4) is 5.75 Å². The van der Waals surface area contributed by atoms with E-state index in [0.717, 1.165) is 42.6 Å². The first-order valence-electron chi connectivity index (χ1n) is 13.9. The van der Waals surface area contributed by atoms with Crippen molar-refractivity contribution in [2.75, 3.05) is 26.2 Å². The summed E-state index contributed by atoms with van der Waals surface area (Å²) < 4.78 is 6.06. The molecule has 2 aliphatic heterocycles. The molecule has 2 heterocycles. The van der Waals surface area contributed by atoms with E-state index in [0.29, 0.717) is 45.5 Å². The van der Waals surface area contributed by atoms with Crippen LogP contribution in [0.3, 0.4) is 0 Å². The molecular formula is C30H40N4O4. The van der Waals surface area contributed by atoms with Crippen molar-refractivity contribution in [3.05, 3.63) is 65.7 Å². The summed E-state index contributed by atoms with van der Waals surface area (Å²) in [5, 5.41) is 9.37. The van der Waals surface area contributed by atoms with Crippen LogP contribution < -0.4 is 20.7 Å². The molecular weight excluding hydrogens is 480 g/mol. The third kappa shape index (κ3) is 7.34. The number of carbonyl (C=O) groups excluding carboxylic acids is 3. The van der Waals surface area contributed by atoms with E-state index in [-0.39, 0.29) is 23.8 Å². The average Bonchev–Trinajstić information content (AvgIpc) is 3.43. The number of aryl methyl sites for hydroxylation is 1. The van der Waals surface area contributed by atoms with Crippen LogP contribution in [0, 0.1) is 0 Å². The van der Waals surface area contributed by atoms with E-state index >= 15 is 0 Å². The SMILES string of the molecule is CCC[C@@H]1NCCOc2ccccc2CCCNC(=O)[C@@H](Cc2ccccc2)NC(=O)[C@@H]2CCCN2C1=O. The molecule has 204 valence electrons. The summed E-state index contributed by atoms with van der Waals surface area (Å²) in [6.07, 6.45) is 4.77. The Morgan fingerprint density at radius 1 is 0.921 bits per heavy atom. The number of ether oxygens (including phenoxy) is 1. The van der Waals surface area contributed by atoms with Crippen molar-refractivity contribution < 1.29 is 19.1 Å². The summed E-state index contributed by atoms with van der Waals surface area (Å²) in [7, 11) is 0. The van der Waals surface area contributed by atoms with Gasteiger partial charge in [0.15, 0.2) is 0 Å². The molecule has 0 saturated carbocycles. The van der Waals surface area contributed by atoms with Crippen LogP contribution in [0.5, 0.6) is 5.75 Å². The Morgan fingerprint density at radius 3 is 2.53 bits per heavy atom. The van der Waals surface area contributed by atoms with Crippen LogP contribution in [0.25, 0.3) is 0 Å². The van der Waals surface area contributed by atoms with Crippen molar-refractivity contribution in [2.24, 2.45) is 0 Å². The summed E-state index contributed by atoms with van der Waals surface area (Å²) >= 11 is 0. The monoisotopic (exact) mass is 520 g/mol. The maximum Gasteiger partial charge on any atom is 0.243 e. The van der Waals surface area contributed by atoms with Crippen molar-refractivity contribution in [3.63, 3.8) is 0 Å². The number of para-hydroxylation sites is 1. The second-order valence-electron chi connectivity index (χ2n) is 10.1. The molecule has 2 aromatic carbocycles. The van der Waals surface area contributed by atoms with Gasteiger partial charge in [0.1, 0.15) is 24.4 Å². The van der Waals surface area contributed by atoms with E-state index in [4.69, 9.17) is 4.74 Å². The maximum atomic E-state index is 13.6. The van der Waals surface area contributed by atoms with Gasteiger partial charge in [-0.25, -0.2) is 0 Å². The molecule has 0 unspecified atom stereocenters. The Bertz CT molecular complexity index is 1080. The standard InChI is InChI=1S/C30H40N4O4/c1-2-10-24-30(37)34-19-9-15-26(34)29(36)33-25(21-22-11-4-3-5-12-22)28(35)32-17-8-14-23-13-6-7-16-27(23)38-20-18-31-24/h3-7,11-13,16,24-26,31H,2,8-10,14-15,17-21H2,1H3,(H,32,35)(H,33,36)/t24-,25+,26-/m0/s1. The zero-order valence-corrected chi connectivity index (χ0v) is 22.3. The molecule has 3 amide bonds. The number of fused-ring (bicyclic) bond motifs is 2. The molecule has 2 aromatic rings. The number of carbonyl (C=O) groups is 3. The first-order valence-corrected chi connectivity index (χ1v) is 13.9. The van der Waals surface area contributed by atoms with Crippen LogP contribution in [-0.4, -0.2) is 67.0 Å². The molecule has 3 N–H and O–H groups in total. The molecule has 38 heavy (non-hydrogen) atoms. The summed E-state index contributed by atoms with van der Waals surface area (Å²) in [6.45, 7) is 4.05. The van der Waals surface area contributed by atoms with Gasteiger partial charge in [-0.3, -0.25) is 14.4 Å². The van der Waals surface area contributed by atoms with Gasteiger partial charge in [-0.15, -0.1) is 0 Å². The van der Waals surface area contributed by atoms with Crippen LogP contribution in [-0.2, 0) is 27.2 Å². The van der Waals surface area contributed by atoms with Gasteiger partial charge in [0.25, 0.3) is 0 Å². The normalized spacial score (nSPS) is 23.8. The highest BCUT2D eigenvalue weighted by Crippen LogP contribution is 2.21. The largest absolute Gasteiger partial charge is 0.492 e. The number of nitrogens with zero attached hydrogens (tertiary/aromatic N) is 1. The van der Waals surface area contributed by atoms with E-state index in [1.54, 1.807) is 4.90 Å². The predicted molar refractivity (Wildman–Crippen MR) is 147 cm³/mol. The Labute approximate surface area is 225 Å². The maximum absolute atomic E-state index is 13.6.